The quantitative estimate of drug-likeness (QED) is 0.450. The lowest BCUT2D eigenvalue weighted by Gasteiger charge is -2.35. The summed E-state index contributed by atoms with van der Waals surface area (Å²) in [5.41, 5.74) is 4.60. The molecule has 3 N–H and O–H groups in total. The summed E-state index contributed by atoms with van der Waals surface area (Å²) < 4.78 is 9.90. The fourth-order valence-electron chi connectivity index (χ4n) is 2.22. The Bertz CT molecular complexity index is 564. The number of carbonyl (C=O) groups excluding carboxylic acids is 3. The van der Waals surface area contributed by atoms with E-state index in [0.717, 1.165) is 0 Å². The number of carbonyl (C=O) groups is 3. The zero-order valence-corrected chi connectivity index (χ0v) is 17.8. The monoisotopic (exact) mass is 385 g/mol. The predicted molar refractivity (Wildman–Crippen MR) is 104 cm³/mol. The van der Waals surface area contributed by atoms with Crippen LogP contribution in [0.2, 0.25) is 0 Å². The SMILES string of the molecule is CCOC(=O)/C(C)=C/CN(C)C(=O)C(NC(=O)C(C)(N)COC)C(C)(C)C. The van der Waals surface area contributed by atoms with E-state index in [0.29, 0.717) is 5.57 Å². The average molecular weight is 386 g/mol. The summed E-state index contributed by atoms with van der Waals surface area (Å²) in [7, 11) is 3.07. The third-order valence-electron chi connectivity index (χ3n) is 4.00. The lowest BCUT2D eigenvalue weighted by atomic mass is 9.85. The van der Waals surface area contributed by atoms with Crippen LogP contribution in [0.1, 0.15) is 41.5 Å². The molecule has 0 aromatic heterocycles. The molecule has 27 heavy (non-hydrogen) atoms. The van der Waals surface area contributed by atoms with Crippen LogP contribution >= 0.6 is 0 Å². The lowest BCUT2D eigenvalue weighted by Crippen LogP contribution is -2.62. The Labute approximate surface area is 162 Å². The molecule has 2 amide bonds. The highest BCUT2D eigenvalue weighted by atomic mass is 16.5. The number of hydrogen-bond donors (Lipinski definition) is 2. The van der Waals surface area contributed by atoms with E-state index in [2.05, 4.69) is 5.32 Å². The van der Waals surface area contributed by atoms with Gasteiger partial charge in [-0.25, -0.2) is 4.79 Å². The Morgan fingerprint density at radius 1 is 1.22 bits per heavy atom. The Morgan fingerprint density at radius 2 is 1.78 bits per heavy atom. The van der Waals surface area contributed by atoms with Crippen LogP contribution in [-0.4, -0.2) is 68.2 Å². The van der Waals surface area contributed by atoms with E-state index in [1.807, 2.05) is 20.8 Å². The molecular weight excluding hydrogens is 350 g/mol. The molecule has 2 atom stereocenters. The van der Waals surface area contributed by atoms with Crippen LogP contribution in [0.15, 0.2) is 11.6 Å². The summed E-state index contributed by atoms with van der Waals surface area (Å²) in [4.78, 5) is 38.5. The minimum Gasteiger partial charge on any atom is -0.463 e. The second-order valence-corrected chi connectivity index (χ2v) is 7.95. The first kappa shape index (κ1) is 25.1. The third kappa shape index (κ3) is 8.09. The Balaban J connectivity index is 5.26. The molecule has 0 radical (unpaired) electrons. The van der Waals surface area contributed by atoms with Gasteiger partial charge in [-0.05, 0) is 26.2 Å². The summed E-state index contributed by atoms with van der Waals surface area (Å²) >= 11 is 0. The van der Waals surface area contributed by atoms with E-state index in [-0.39, 0.29) is 25.7 Å². The number of nitrogens with two attached hydrogens (primary N) is 1. The molecule has 0 aromatic rings. The summed E-state index contributed by atoms with van der Waals surface area (Å²) in [6, 6.07) is -0.786. The molecular formula is C19H35N3O5. The van der Waals surface area contributed by atoms with Crippen LogP contribution in [-0.2, 0) is 23.9 Å². The maximum atomic E-state index is 12.9. The normalized spacial score (nSPS) is 15.5. The average Bonchev–Trinajstić information content (AvgIpc) is 2.55. The number of nitrogens with one attached hydrogen (secondary N) is 1. The van der Waals surface area contributed by atoms with E-state index in [4.69, 9.17) is 15.2 Å². The Kier molecular flexibility index (Phi) is 9.67. The van der Waals surface area contributed by atoms with Gasteiger partial charge in [-0.15, -0.1) is 0 Å². The molecule has 8 nitrogen and oxygen atoms in total. The number of amides is 2. The van der Waals surface area contributed by atoms with Crippen molar-refractivity contribution in [3.63, 3.8) is 0 Å². The highest BCUT2D eigenvalue weighted by molar-refractivity contribution is 5.92. The fraction of sp³-hybridized carbons (Fsp3) is 0.737. The first-order chi connectivity index (χ1) is 12.3. The number of methoxy groups -OCH3 is 1. The van der Waals surface area contributed by atoms with E-state index in [1.165, 1.54) is 12.0 Å². The molecule has 0 rings (SSSR count). The van der Waals surface area contributed by atoms with Gasteiger partial charge < -0.3 is 25.4 Å². The molecule has 0 saturated heterocycles. The second-order valence-electron chi connectivity index (χ2n) is 7.95. The zero-order chi connectivity index (χ0) is 21.4. The van der Waals surface area contributed by atoms with Crippen molar-refractivity contribution in [1.82, 2.24) is 10.2 Å². The van der Waals surface area contributed by atoms with Gasteiger partial charge >= 0.3 is 5.97 Å². The van der Waals surface area contributed by atoms with E-state index >= 15 is 0 Å². The number of esters is 1. The van der Waals surface area contributed by atoms with Gasteiger partial charge in [-0.2, -0.15) is 0 Å². The van der Waals surface area contributed by atoms with Crippen molar-refractivity contribution < 1.29 is 23.9 Å². The van der Waals surface area contributed by atoms with Gasteiger partial charge in [-0.1, -0.05) is 26.8 Å². The molecule has 0 aliphatic heterocycles. The summed E-state index contributed by atoms with van der Waals surface area (Å²) in [5.74, 6) is -1.17. The standard InChI is InChI=1S/C19H35N3O5/c1-9-27-16(24)13(2)10-11-22(7)15(23)14(18(3,4)5)21-17(25)19(6,20)12-26-8/h10,14H,9,11-12,20H2,1-8H3,(H,21,25)/b13-10+. The first-order valence-corrected chi connectivity index (χ1v) is 8.95. The summed E-state index contributed by atoms with van der Waals surface area (Å²) in [5, 5.41) is 2.75. The van der Waals surface area contributed by atoms with Crippen molar-refractivity contribution in [2.45, 2.75) is 53.1 Å². The van der Waals surface area contributed by atoms with Crippen molar-refractivity contribution in [2.24, 2.45) is 11.1 Å². The van der Waals surface area contributed by atoms with Gasteiger partial charge in [0.1, 0.15) is 11.6 Å². The van der Waals surface area contributed by atoms with Gasteiger partial charge in [0.25, 0.3) is 0 Å². The Hall–Kier alpha value is -1.93. The number of rotatable bonds is 9. The van der Waals surface area contributed by atoms with Crippen molar-refractivity contribution in [1.29, 1.82) is 0 Å². The lowest BCUT2D eigenvalue weighted by molar-refractivity contribution is -0.140. The van der Waals surface area contributed by atoms with E-state index < -0.39 is 28.9 Å². The van der Waals surface area contributed by atoms with Crippen LogP contribution in [0.5, 0.6) is 0 Å². The topological polar surface area (TPSA) is 111 Å². The summed E-state index contributed by atoms with van der Waals surface area (Å²) in [6.07, 6.45) is 1.62. The molecule has 0 aliphatic carbocycles. The van der Waals surface area contributed by atoms with E-state index in [9.17, 15) is 14.4 Å². The zero-order valence-electron chi connectivity index (χ0n) is 17.8. The molecule has 0 heterocycles. The van der Waals surface area contributed by atoms with Crippen molar-refractivity contribution in [3.05, 3.63) is 11.6 Å². The Morgan fingerprint density at radius 3 is 2.22 bits per heavy atom. The number of nitrogens with zero attached hydrogens (tertiary/aromatic N) is 1. The molecule has 8 heteroatoms. The molecule has 0 spiro atoms. The molecule has 2 unspecified atom stereocenters. The van der Waals surface area contributed by atoms with Crippen LogP contribution in [0.3, 0.4) is 0 Å². The smallest absolute Gasteiger partial charge is 0.333 e. The van der Waals surface area contributed by atoms with Crippen LogP contribution in [0, 0.1) is 5.41 Å². The molecule has 0 aliphatic rings. The maximum Gasteiger partial charge on any atom is 0.333 e. The predicted octanol–water partition coefficient (Wildman–Crippen LogP) is 0.849. The van der Waals surface area contributed by atoms with Crippen LogP contribution < -0.4 is 11.1 Å². The van der Waals surface area contributed by atoms with Gasteiger partial charge in [0.15, 0.2) is 0 Å². The summed E-state index contributed by atoms with van der Waals surface area (Å²) in [6.45, 7) is 11.0. The van der Waals surface area contributed by atoms with Crippen molar-refractivity contribution >= 4 is 17.8 Å². The molecule has 156 valence electrons. The second kappa shape index (κ2) is 10.4. The fourth-order valence-corrected chi connectivity index (χ4v) is 2.22. The molecule has 0 aromatic carbocycles. The highest BCUT2D eigenvalue weighted by Crippen LogP contribution is 2.21. The van der Waals surface area contributed by atoms with Crippen molar-refractivity contribution in [3.8, 4) is 0 Å². The van der Waals surface area contributed by atoms with Crippen LogP contribution in [0.25, 0.3) is 0 Å². The largest absolute Gasteiger partial charge is 0.463 e. The van der Waals surface area contributed by atoms with Crippen molar-refractivity contribution in [2.75, 3.05) is 33.9 Å². The van der Waals surface area contributed by atoms with Gasteiger partial charge in [-0.3, -0.25) is 9.59 Å². The minimum atomic E-state index is -1.25. The minimum absolute atomic E-state index is 0.0290. The van der Waals surface area contributed by atoms with E-state index in [1.54, 1.807) is 33.9 Å². The van der Waals surface area contributed by atoms with Gasteiger partial charge in [0.05, 0.1) is 13.2 Å². The number of likely N-dealkylation sites (N-methyl/N-ethyl adjacent to an activating group) is 1. The number of hydrogen-bond acceptors (Lipinski definition) is 6. The van der Waals surface area contributed by atoms with Gasteiger partial charge in [0.2, 0.25) is 11.8 Å². The molecule has 0 bridgehead atoms. The van der Waals surface area contributed by atoms with Gasteiger partial charge in [0, 0.05) is 26.3 Å². The maximum absolute atomic E-state index is 12.9. The number of ether oxygens (including phenoxy) is 2. The molecule has 0 fully saturated rings. The third-order valence-corrected chi connectivity index (χ3v) is 4.00. The molecule has 0 saturated carbocycles. The first-order valence-electron chi connectivity index (χ1n) is 8.95. The highest BCUT2D eigenvalue weighted by Gasteiger charge is 2.38. The van der Waals surface area contributed by atoms with Crippen LogP contribution in [0.4, 0.5) is 0 Å².